The van der Waals surface area contributed by atoms with Gasteiger partial charge in [-0.1, -0.05) is 13.8 Å². The van der Waals surface area contributed by atoms with E-state index in [2.05, 4.69) is 25.5 Å². The van der Waals surface area contributed by atoms with Crippen LogP contribution < -0.4 is 4.72 Å². The number of amides is 1. The van der Waals surface area contributed by atoms with Gasteiger partial charge in [-0.15, -0.1) is 0 Å². The van der Waals surface area contributed by atoms with Gasteiger partial charge >= 0.3 is 0 Å². The number of nitrogens with zero attached hydrogens (tertiary/aromatic N) is 1. The Hall–Kier alpha value is -1.56. The molecule has 1 aliphatic carbocycles. The minimum absolute atomic E-state index is 0.0228. The van der Waals surface area contributed by atoms with Crippen LogP contribution in [0.2, 0.25) is 0 Å². The Labute approximate surface area is 132 Å². The summed E-state index contributed by atoms with van der Waals surface area (Å²) in [5, 5.41) is 0. The topological polar surface area (TPSA) is 66.5 Å². The van der Waals surface area contributed by atoms with Crippen LogP contribution >= 0.6 is 0 Å². The number of hydrogen-bond donors (Lipinski definition) is 1. The van der Waals surface area contributed by atoms with E-state index in [0.29, 0.717) is 23.2 Å². The van der Waals surface area contributed by atoms with Crippen LogP contribution in [0.5, 0.6) is 0 Å². The van der Waals surface area contributed by atoms with E-state index < -0.39 is 10.0 Å². The van der Waals surface area contributed by atoms with Gasteiger partial charge in [-0.05, 0) is 49.9 Å². The van der Waals surface area contributed by atoms with Gasteiger partial charge in [0.15, 0.2) is 0 Å². The zero-order valence-corrected chi connectivity index (χ0v) is 14.4. The molecule has 1 saturated carbocycles. The van der Waals surface area contributed by atoms with Crippen molar-refractivity contribution in [2.24, 2.45) is 5.92 Å². The third kappa shape index (κ3) is 4.22. The summed E-state index contributed by atoms with van der Waals surface area (Å²) in [4.78, 5) is 14.7. The summed E-state index contributed by atoms with van der Waals surface area (Å²) < 4.78 is 24.8. The molecule has 1 aromatic carbocycles. The highest BCUT2D eigenvalue weighted by Crippen LogP contribution is 2.32. The molecule has 1 fully saturated rings. The van der Waals surface area contributed by atoms with Crippen LogP contribution in [0.15, 0.2) is 24.3 Å². The fourth-order valence-electron chi connectivity index (χ4n) is 2.40. The minimum Gasteiger partial charge on any atom is -0.333 e. The molecule has 1 atom stereocenters. The number of carbonyl (C=O) groups is 1. The zero-order valence-electron chi connectivity index (χ0n) is 13.5. The molecule has 1 aromatic rings. The normalized spacial score (nSPS) is 16.4. The first-order chi connectivity index (χ1) is 10.2. The molecule has 0 spiro atoms. The van der Waals surface area contributed by atoms with E-state index >= 15 is 0 Å². The molecule has 0 radical (unpaired) electrons. The standard InChI is InChI=1S/C16H24N2O3S/c1-11(2)12(3)18(15-9-10-15)16(19)13-5-7-14(8-6-13)17-22(4,20)21/h5-8,11-12,15,17H,9-10H2,1-4H3. The maximum absolute atomic E-state index is 12.8. The largest absolute Gasteiger partial charge is 0.333 e. The van der Waals surface area contributed by atoms with Crippen molar-refractivity contribution in [3.63, 3.8) is 0 Å². The minimum atomic E-state index is -3.30. The van der Waals surface area contributed by atoms with Gasteiger partial charge in [0, 0.05) is 23.3 Å². The lowest BCUT2D eigenvalue weighted by molar-refractivity contribution is 0.0628. The van der Waals surface area contributed by atoms with Gasteiger partial charge in [0.1, 0.15) is 0 Å². The van der Waals surface area contributed by atoms with E-state index in [0.717, 1.165) is 19.1 Å². The molecule has 0 aromatic heterocycles. The maximum Gasteiger partial charge on any atom is 0.254 e. The SMILES string of the molecule is CC(C)C(C)N(C(=O)c1ccc(NS(C)(=O)=O)cc1)C1CC1. The lowest BCUT2D eigenvalue weighted by Gasteiger charge is -2.32. The van der Waals surface area contributed by atoms with Gasteiger partial charge < -0.3 is 4.90 Å². The molecule has 6 heteroatoms. The van der Waals surface area contributed by atoms with E-state index in [4.69, 9.17) is 0 Å². The van der Waals surface area contributed by atoms with Crippen LogP contribution in [0, 0.1) is 5.92 Å². The van der Waals surface area contributed by atoms with Crippen molar-refractivity contribution in [3.8, 4) is 0 Å². The lowest BCUT2D eigenvalue weighted by atomic mass is 10.0. The molecule has 0 aliphatic heterocycles. The highest BCUT2D eigenvalue weighted by Gasteiger charge is 2.36. The molecule has 22 heavy (non-hydrogen) atoms. The monoisotopic (exact) mass is 324 g/mol. The second-order valence-electron chi connectivity index (χ2n) is 6.38. The molecule has 2 rings (SSSR count). The van der Waals surface area contributed by atoms with Crippen LogP contribution in [0.25, 0.3) is 0 Å². The Balaban J connectivity index is 2.17. The lowest BCUT2D eigenvalue weighted by Crippen LogP contribution is -2.43. The number of benzene rings is 1. The van der Waals surface area contributed by atoms with E-state index in [9.17, 15) is 13.2 Å². The molecule has 0 heterocycles. The molecule has 0 bridgehead atoms. The van der Waals surface area contributed by atoms with Gasteiger partial charge in [0.05, 0.1) is 6.26 Å². The average Bonchev–Trinajstić information content (AvgIpc) is 3.22. The first kappa shape index (κ1) is 16.8. The Morgan fingerprint density at radius 1 is 1.18 bits per heavy atom. The van der Waals surface area contributed by atoms with Crippen molar-refractivity contribution in [2.45, 2.75) is 45.7 Å². The van der Waals surface area contributed by atoms with Gasteiger partial charge in [-0.25, -0.2) is 8.42 Å². The highest BCUT2D eigenvalue weighted by atomic mass is 32.2. The van der Waals surface area contributed by atoms with E-state index in [1.54, 1.807) is 24.3 Å². The summed E-state index contributed by atoms with van der Waals surface area (Å²) >= 11 is 0. The van der Waals surface area contributed by atoms with Gasteiger partial charge in [-0.3, -0.25) is 9.52 Å². The van der Waals surface area contributed by atoms with Crippen molar-refractivity contribution in [1.29, 1.82) is 0 Å². The third-order valence-electron chi connectivity index (χ3n) is 4.01. The van der Waals surface area contributed by atoms with E-state index in [1.807, 2.05) is 4.90 Å². The summed E-state index contributed by atoms with van der Waals surface area (Å²) in [6.45, 7) is 6.32. The summed E-state index contributed by atoms with van der Waals surface area (Å²) in [6, 6.07) is 7.14. The molecule has 1 aliphatic rings. The summed E-state index contributed by atoms with van der Waals surface area (Å²) in [5.74, 6) is 0.422. The number of nitrogens with one attached hydrogen (secondary N) is 1. The summed E-state index contributed by atoms with van der Waals surface area (Å²) in [5.41, 5.74) is 1.06. The number of anilines is 1. The molecule has 1 N–H and O–H groups in total. The number of rotatable bonds is 6. The Kier molecular flexibility index (Phi) is 4.80. The van der Waals surface area contributed by atoms with Crippen molar-refractivity contribution < 1.29 is 13.2 Å². The zero-order chi connectivity index (χ0) is 16.5. The average molecular weight is 324 g/mol. The first-order valence-corrected chi connectivity index (χ1v) is 9.48. The molecule has 0 saturated heterocycles. The number of hydrogen-bond acceptors (Lipinski definition) is 3. The highest BCUT2D eigenvalue weighted by molar-refractivity contribution is 7.92. The quantitative estimate of drug-likeness (QED) is 0.875. The van der Waals surface area contributed by atoms with Crippen LogP contribution in [0.1, 0.15) is 44.0 Å². The Bertz CT molecular complexity index is 634. The second-order valence-corrected chi connectivity index (χ2v) is 8.13. The van der Waals surface area contributed by atoms with E-state index in [1.165, 1.54) is 0 Å². The van der Waals surface area contributed by atoms with Crippen molar-refractivity contribution in [3.05, 3.63) is 29.8 Å². The molecular formula is C16H24N2O3S. The van der Waals surface area contributed by atoms with Crippen LogP contribution in [-0.2, 0) is 10.0 Å². The maximum atomic E-state index is 12.8. The van der Waals surface area contributed by atoms with Gasteiger partial charge in [0.2, 0.25) is 10.0 Å². The second kappa shape index (κ2) is 6.28. The molecule has 122 valence electrons. The smallest absolute Gasteiger partial charge is 0.254 e. The van der Waals surface area contributed by atoms with E-state index in [-0.39, 0.29) is 11.9 Å². The fourth-order valence-corrected chi connectivity index (χ4v) is 2.97. The predicted molar refractivity (Wildman–Crippen MR) is 88.4 cm³/mol. The van der Waals surface area contributed by atoms with Crippen molar-refractivity contribution in [1.82, 2.24) is 4.90 Å². The first-order valence-electron chi connectivity index (χ1n) is 7.59. The summed E-state index contributed by atoms with van der Waals surface area (Å²) in [7, 11) is -3.30. The van der Waals surface area contributed by atoms with Crippen molar-refractivity contribution >= 4 is 21.6 Å². The molecule has 1 unspecified atom stereocenters. The Morgan fingerprint density at radius 2 is 1.73 bits per heavy atom. The molecular weight excluding hydrogens is 300 g/mol. The fraction of sp³-hybridized carbons (Fsp3) is 0.562. The van der Waals surface area contributed by atoms with Crippen LogP contribution in [-0.4, -0.2) is 37.6 Å². The van der Waals surface area contributed by atoms with Crippen molar-refractivity contribution in [2.75, 3.05) is 11.0 Å². The molecule has 5 nitrogen and oxygen atoms in total. The number of sulfonamides is 1. The van der Waals surface area contributed by atoms with Crippen LogP contribution in [0.3, 0.4) is 0 Å². The van der Waals surface area contributed by atoms with Crippen LogP contribution in [0.4, 0.5) is 5.69 Å². The summed E-state index contributed by atoms with van der Waals surface area (Å²) in [6.07, 6.45) is 3.23. The molecule has 1 amide bonds. The number of carbonyl (C=O) groups excluding carboxylic acids is 1. The predicted octanol–water partition coefficient (Wildman–Crippen LogP) is 2.71. The van der Waals surface area contributed by atoms with Gasteiger partial charge in [0.25, 0.3) is 5.91 Å². The third-order valence-corrected chi connectivity index (χ3v) is 4.62. The Morgan fingerprint density at radius 3 is 2.14 bits per heavy atom. The van der Waals surface area contributed by atoms with Gasteiger partial charge in [-0.2, -0.15) is 0 Å².